The van der Waals surface area contributed by atoms with Crippen LogP contribution in [0.2, 0.25) is 10.0 Å². The maximum atomic E-state index is 8.99. The van der Waals surface area contributed by atoms with Crippen LogP contribution in [0.5, 0.6) is 0 Å². The number of benzene rings is 1. The maximum Gasteiger partial charge on any atom is 0.0631 e. The van der Waals surface area contributed by atoms with Gasteiger partial charge in [-0.2, -0.15) is 5.10 Å². The number of aromatic nitrogens is 2. The van der Waals surface area contributed by atoms with Crippen molar-refractivity contribution in [3.8, 4) is 0 Å². The SMILES string of the molecule is CC.CCc1c(Cc2cc(Cl)cc(Cl)c2)c(C)nn1CCCO. The molecule has 0 fully saturated rings. The van der Waals surface area contributed by atoms with Gasteiger partial charge < -0.3 is 5.11 Å². The van der Waals surface area contributed by atoms with E-state index in [0.29, 0.717) is 10.0 Å². The lowest BCUT2D eigenvalue weighted by Gasteiger charge is -2.08. The highest BCUT2D eigenvalue weighted by molar-refractivity contribution is 6.34. The van der Waals surface area contributed by atoms with Crippen LogP contribution in [0.3, 0.4) is 0 Å². The summed E-state index contributed by atoms with van der Waals surface area (Å²) in [6.07, 6.45) is 2.40. The third-order valence-electron chi connectivity index (χ3n) is 3.53. The average molecular weight is 357 g/mol. The minimum Gasteiger partial charge on any atom is -0.396 e. The quantitative estimate of drug-likeness (QED) is 0.785. The molecule has 5 heteroatoms. The molecule has 0 radical (unpaired) electrons. The molecule has 1 heterocycles. The fourth-order valence-electron chi connectivity index (χ4n) is 2.61. The molecule has 0 amide bonds. The van der Waals surface area contributed by atoms with Crippen molar-refractivity contribution in [2.75, 3.05) is 6.61 Å². The van der Waals surface area contributed by atoms with Gasteiger partial charge in [0.1, 0.15) is 0 Å². The van der Waals surface area contributed by atoms with Gasteiger partial charge in [-0.25, -0.2) is 0 Å². The number of rotatable bonds is 6. The fourth-order valence-corrected chi connectivity index (χ4v) is 3.19. The molecule has 2 rings (SSSR count). The van der Waals surface area contributed by atoms with E-state index in [-0.39, 0.29) is 6.61 Å². The number of hydrogen-bond donors (Lipinski definition) is 1. The van der Waals surface area contributed by atoms with Crippen LogP contribution < -0.4 is 0 Å². The molecule has 0 saturated heterocycles. The largest absolute Gasteiger partial charge is 0.396 e. The molecule has 0 atom stereocenters. The van der Waals surface area contributed by atoms with Crippen LogP contribution in [0.25, 0.3) is 0 Å². The van der Waals surface area contributed by atoms with Crippen LogP contribution in [0.1, 0.15) is 49.7 Å². The van der Waals surface area contributed by atoms with E-state index in [1.54, 1.807) is 6.07 Å². The Bertz CT molecular complexity index is 603. The molecule has 1 aromatic heterocycles. The van der Waals surface area contributed by atoms with Crippen molar-refractivity contribution in [1.29, 1.82) is 0 Å². The summed E-state index contributed by atoms with van der Waals surface area (Å²) < 4.78 is 2.01. The molecule has 1 aromatic carbocycles. The van der Waals surface area contributed by atoms with E-state index < -0.39 is 0 Å². The molecular weight excluding hydrogens is 331 g/mol. The Hall–Kier alpha value is -1.03. The number of aliphatic hydroxyl groups excluding tert-OH is 1. The van der Waals surface area contributed by atoms with Crippen LogP contribution in [0, 0.1) is 6.92 Å². The van der Waals surface area contributed by atoms with Gasteiger partial charge in [0.2, 0.25) is 0 Å². The van der Waals surface area contributed by atoms with Gasteiger partial charge in [0.15, 0.2) is 0 Å². The van der Waals surface area contributed by atoms with Gasteiger partial charge in [-0.15, -0.1) is 0 Å². The van der Waals surface area contributed by atoms with Crippen molar-refractivity contribution in [2.24, 2.45) is 0 Å². The lowest BCUT2D eigenvalue weighted by Crippen LogP contribution is -2.07. The van der Waals surface area contributed by atoms with Gasteiger partial charge in [0.25, 0.3) is 0 Å². The highest BCUT2D eigenvalue weighted by Crippen LogP contribution is 2.24. The second-order valence-corrected chi connectivity index (χ2v) is 5.99. The lowest BCUT2D eigenvalue weighted by atomic mass is 10.0. The summed E-state index contributed by atoms with van der Waals surface area (Å²) in [5.74, 6) is 0. The second-order valence-electron chi connectivity index (χ2n) is 5.12. The predicted molar refractivity (Wildman–Crippen MR) is 98.7 cm³/mol. The van der Waals surface area contributed by atoms with Gasteiger partial charge >= 0.3 is 0 Å². The van der Waals surface area contributed by atoms with Gasteiger partial charge in [0, 0.05) is 40.9 Å². The molecule has 3 nitrogen and oxygen atoms in total. The van der Waals surface area contributed by atoms with Crippen molar-refractivity contribution in [3.63, 3.8) is 0 Å². The summed E-state index contributed by atoms with van der Waals surface area (Å²) in [5.41, 5.74) is 4.57. The Morgan fingerprint density at radius 3 is 2.26 bits per heavy atom. The molecule has 0 aliphatic carbocycles. The standard InChI is InChI=1S/C16H20Cl2N2O.C2H6/c1-3-16-15(11(2)19-20(16)5-4-6-21)9-12-7-13(17)10-14(18)8-12;1-2/h7-8,10,21H,3-6,9H2,1-2H3;1-2H3. The third-order valence-corrected chi connectivity index (χ3v) is 3.97. The summed E-state index contributed by atoms with van der Waals surface area (Å²) in [7, 11) is 0. The first-order valence-corrected chi connectivity index (χ1v) is 8.91. The fraction of sp³-hybridized carbons (Fsp3) is 0.500. The van der Waals surface area contributed by atoms with E-state index in [4.69, 9.17) is 28.3 Å². The molecule has 2 aromatic rings. The summed E-state index contributed by atoms with van der Waals surface area (Å²) in [6.45, 7) is 9.08. The van der Waals surface area contributed by atoms with E-state index >= 15 is 0 Å². The van der Waals surface area contributed by atoms with Crippen LogP contribution >= 0.6 is 23.2 Å². The number of aryl methyl sites for hydroxylation is 2. The summed E-state index contributed by atoms with van der Waals surface area (Å²) in [5, 5.41) is 14.9. The molecule has 23 heavy (non-hydrogen) atoms. The Kier molecular flexibility index (Phi) is 8.67. The first-order valence-electron chi connectivity index (χ1n) is 8.16. The van der Waals surface area contributed by atoms with Crippen LogP contribution in [-0.2, 0) is 19.4 Å². The molecule has 0 unspecified atom stereocenters. The second kappa shape index (κ2) is 9.96. The highest BCUT2D eigenvalue weighted by atomic mass is 35.5. The zero-order chi connectivity index (χ0) is 17.4. The van der Waals surface area contributed by atoms with Crippen LogP contribution in [0.15, 0.2) is 18.2 Å². The van der Waals surface area contributed by atoms with Crippen molar-refractivity contribution in [2.45, 2.75) is 53.5 Å². The number of halogens is 2. The van der Waals surface area contributed by atoms with Gasteiger partial charge in [0.05, 0.1) is 5.69 Å². The first-order chi connectivity index (χ1) is 11.0. The molecular formula is C18H26Cl2N2O. The molecule has 128 valence electrons. The number of aliphatic hydroxyl groups is 1. The Morgan fingerprint density at radius 1 is 1.13 bits per heavy atom. The number of hydrogen-bond acceptors (Lipinski definition) is 2. The number of nitrogens with zero attached hydrogens (tertiary/aromatic N) is 2. The summed E-state index contributed by atoms with van der Waals surface area (Å²) in [6, 6.07) is 5.62. The molecule has 0 saturated carbocycles. The predicted octanol–water partition coefficient (Wildman–Crippen LogP) is 5.06. The first kappa shape index (κ1) is 20.0. The monoisotopic (exact) mass is 356 g/mol. The van der Waals surface area contributed by atoms with E-state index in [9.17, 15) is 0 Å². The molecule has 1 N–H and O–H groups in total. The van der Waals surface area contributed by atoms with Crippen LogP contribution in [0.4, 0.5) is 0 Å². The topological polar surface area (TPSA) is 38.0 Å². The minimum absolute atomic E-state index is 0.182. The Morgan fingerprint density at radius 2 is 1.74 bits per heavy atom. The summed E-state index contributed by atoms with van der Waals surface area (Å²) in [4.78, 5) is 0. The molecule has 0 aliphatic heterocycles. The van der Waals surface area contributed by atoms with E-state index in [0.717, 1.165) is 37.1 Å². The maximum absolute atomic E-state index is 8.99. The smallest absolute Gasteiger partial charge is 0.0631 e. The van der Waals surface area contributed by atoms with E-state index in [1.165, 1.54) is 11.3 Å². The molecule has 0 aliphatic rings. The van der Waals surface area contributed by atoms with Crippen LogP contribution in [-0.4, -0.2) is 21.5 Å². The van der Waals surface area contributed by atoms with Crippen molar-refractivity contribution < 1.29 is 5.11 Å². The molecule has 0 spiro atoms. The van der Waals surface area contributed by atoms with Gasteiger partial charge in [-0.1, -0.05) is 44.0 Å². The zero-order valence-corrected chi connectivity index (χ0v) is 15.9. The zero-order valence-electron chi connectivity index (χ0n) is 14.4. The minimum atomic E-state index is 0.182. The normalized spacial score (nSPS) is 10.4. The Balaban J connectivity index is 0.00000127. The summed E-state index contributed by atoms with van der Waals surface area (Å²) >= 11 is 12.1. The third kappa shape index (κ3) is 5.52. The van der Waals surface area contributed by atoms with Gasteiger partial charge in [-0.3, -0.25) is 4.68 Å². The Labute approximate surface area is 149 Å². The highest BCUT2D eigenvalue weighted by Gasteiger charge is 2.14. The van der Waals surface area contributed by atoms with Crippen molar-refractivity contribution in [3.05, 3.63) is 50.8 Å². The lowest BCUT2D eigenvalue weighted by molar-refractivity contribution is 0.276. The van der Waals surface area contributed by atoms with Crippen molar-refractivity contribution in [1.82, 2.24) is 9.78 Å². The molecule has 0 bridgehead atoms. The van der Waals surface area contributed by atoms with E-state index in [1.807, 2.05) is 37.6 Å². The van der Waals surface area contributed by atoms with E-state index in [2.05, 4.69) is 12.0 Å². The average Bonchev–Trinajstić information content (AvgIpc) is 2.81. The van der Waals surface area contributed by atoms with Gasteiger partial charge in [-0.05, 0) is 43.5 Å². The van der Waals surface area contributed by atoms with Crippen molar-refractivity contribution >= 4 is 23.2 Å².